The number of allylic oxidation sites excluding steroid dienone is 1. The maximum Gasteiger partial charge on any atom is 0.214 e. The molecule has 3 nitrogen and oxygen atoms in total. The largest absolute Gasteiger partial charge is 0.492 e. The maximum absolute atomic E-state index is 10.8. The van der Waals surface area contributed by atoms with Gasteiger partial charge in [-0.05, 0) is 26.2 Å². The van der Waals surface area contributed by atoms with Gasteiger partial charge < -0.3 is 9.64 Å². The lowest BCUT2D eigenvalue weighted by molar-refractivity contribution is -0.116. The maximum atomic E-state index is 10.8. The molecule has 0 saturated heterocycles. The van der Waals surface area contributed by atoms with Gasteiger partial charge in [-0.1, -0.05) is 12.7 Å². The molecule has 1 amide bonds. The summed E-state index contributed by atoms with van der Waals surface area (Å²) in [4.78, 5) is 12.5. The molecule has 0 bridgehead atoms. The molecule has 0 atom stereocenters. The van der Waals surface area contributed by atoms with E-state index in [1.807, 2.05) is 13.0 Å². The molecule has 3 heteroatoms. The monoisotopic (exact) mass is 195 g/mol. The van der Waals surface area contributed by atoms with Crippen molar-refractivity contribution in [2.24, 2.45) is 0 Å². The molecular formula is C11H17NO2. The molecule has 0 unspecified atom stereocenters. The Kier molecular flexibility index (Phi) is 4.23. The first kappa shape index (κ1) is 10.8. The normalized spacial score (nSPS) is 16.9. The number of rotatable bonds is 4. The topological polar surface area (TPSA) is 29.5 Å². The molecule has 1 rings (SSSR count). The zero-order chi connectivity index (χ0) is 10.4. The minimum Gasteiger partial charge on any atom is -0.492 e. The highest BCUT2D eigenvalue weighted by molar-refractivity contribution is 5.53. The lowest BCUT2D eigenvalue weighted by Gasteiger charge is -2.20. The fourth-order valence-corrected chi connectivity index (χ4v) is 1.53. The molecule has 0 fully saturated rings. The predicted octanol–water partition coefficient (Wildman–Crippen LogP) is 2.06. The van der Waals surface area contributed by atoms with Crippen molar-refractivity contribution in [2.75, 3.05) is 13.2 Å². The number of hydrogen-bond donors (Lipinski definition) is 0. The van der Waals surface area contributed by atoms with Crippen molar-refractivity contribution in [1.82, 2.24) is 4.90 Å². The van der Waals surface area contributed by atoms with E-state index in [9.17, 15) is 4.79 Å². The Hall–Kier alpha value is -1.25. The second-order valence-electron chi connectivity index (χ2n) is 3.24. The van der Waals surface area contributed by atoms with Crippen molar-refractivity contribution in [3.05, 3.63) is 24.1 Å². The zero-order valence-electron chi connectivity index (χ0n) is 8.66. The van der Waals surface area contributed by atoms with Crippen LogP contribution in [0.25, 0.3) is 0 Å². The lowest BCUT2D eigenvalue weighted by Crippen LogP contribution is -2.23. The second-order valence-corrected chi connectivity index (χ2v) is 3.24. The number of carbonyl (C=O) groups excluding carboxylic acids is 1. The molecule has 0 saturated carbocycles. The third-order valence-corrected chi connectivity index (χ3v) is 2.23. The molecule has 0 aliphatic carbocycles. The van der Waals surface area contributed by atoms with Crippen LogP contribution in [0.5, 0.6) is 0 Å². The van der Waals surface area contributed by atoms with E-state index in [0.717, 1.165) is 37.9 Å². The van der Waals surface area contributed by atoms with E-state index in [0.29, 0.717) is 12.4 Å². The Morgan fingerprint density at radius 2 is 2.50 bits per heavy atom. The van der Waals surface area contributed by atoms with Gasteiger partial charge in [0.05, 0.1) is 12.3 Å². The molecule has 0 N–H and O–H groups in total. The number of ether oxygens (including phenoxy) is 1. The Morgan fingerprint density at radius 3 is 3.14 bits per heavy atom. The fourth-order valence-electron chi connectivity index (χ4n) is 1.53. The molecule has 1 aliphatic heterocycles. The predicted molar refractivity (Wildman–Crippen MR) is 55.5 cm³/mol. The van der Waals surface area contributed by atoms with Crippen LogP contribution in [0, 0.1) is 0 Å². The minimum absolute atomic E-state index is 0.586. The third kappa shape index (κ3) is 2.62. The number of amides is 1. The molecule has 14 heavy (non-hydrogen) atoms. The second kappa shape index (κ2) is 5.47. The van der Waals surface area contributed by atoms with Gasteiger partial charge >= 0.3 is 0 Å². The molecule has 78 valence electrons. The lowest BCUT2D eigenvalue weighted by atomic mass is 10.2. The summed E-state index contributed by atoms with van der Waals surface area (Å²) in [5.74, 6) is 0.599. The first-order valence-corrected chi connectivity index (χ1v) is 5.03. The Labute approximate surface area is 85.0 Å². The fraction of sp³-hybridized carbons (Fsp3) is 0.545. The van der Waals surface area contributed by atoms with Gasteiger partial charge in [0.2, 0.25) is 6.41 Å². The number of nitrogens with zero attached hydrogens (tertiary/aromatic N) is 1. The number of carbonyl (C=O) groups is 1. The van der Waals surface area contributed by atoms with Gasteiger partial charge in [-0.3, -0.25) is 4.79 Å². The van der Waals surface area contributed by atoms with Crippen molar-refractivity contribution in [2.45, 2.75) is 26.2 Å². The smallest absolute Gasteiger partial charge is 0.214 e. The van der Waals surface area contributed by atoms with Crippen molar-refractivity contribution < 1.29 is 9.53 Å². The third-order valence-electron chi connectivity index (χ3n) is 2.23. The first-order valence-electron chi connectivity index (χ1n) is 5.03. The molecule has 0 aromatic heterocycles. The van der Waals surface area contributed by atoms with Gasteiger partial charge in [-0.15, -0.1) is 0 Å². The average molecular weight is 195 g/mol. The van der Waals surface area contributed by atoms with Crippen LogP contribution in [0.3, 0.4) is 0 Å². The van der Waals surface area contributed by atoms with Crippen LogP contribution < -0.4 is 0 Å². The van der Waals surface area contributed by atoms with Gasteiger partial charge in [-0.2, -0.15) is 0 Å². The van der Waals surface area contributed by atoms with Gasteiger partial charge in [0.25, 0.3) is 0 Å². The van der Waals surface area contributed by atoms with E-state index in [1.165, 1.54) is 0 Å². The van der Waals surface area contributed by atoms with Crippen LogP contribution in [-0.2, 0) is 9.53 Å². The first-order chi connectivity index (χ1) is 6.79. The van der Waals surface area contributed by atoms with Crippen molar-refractivity contribution in [3.8, 4) is 0 Å². The van der Waals surface area contributed by atoms with E-state index < -0.39 is 0 Å². The summed E-state index contributed by atoms with van der Waals surface area (Å²) in [7, 11) is 0. The summed E-state index contributed by atoms with van der Waals surface area (Å²) in [6.45, 7) is 7.08. The van der Waals surface area contributed by atoms with E-state index in [1.54, 1.807) is 4.90 Å². The van der Waals surface area contributed by atoms with Gasteiger partial charge in [0.1, 0.15) is 5.76 Å². The van der Waals surface area contributed by atoms with Crippen LogP contribution >= 0.6 is 0 Å². The molecule has 0 radical (unpaired) electrons. The van der Waals surface area contributed by atoms with Crippen LogP contribution in [0.4, 0.5) is 0 Å². The molecule has 0 aromatic carbocycles. The highest BCUT2D eigenvalue weighted by atomic mass is 16.5. The van der Waals surface area contributed by atoms with E-state index in [-0.39, 0.29) is 0 Å². The van der Waals surface area contributed by atoms with E-state index in [4.69, 9.17) is 4.74 Å². The van der Waals surface area contributed by atoms with Gasteiger partial charge in [0, 0.05) is 6.54 Å². The Morgan fingerprint density at radius 1 is 1.71 bits per heavy atom. The van der Waals surface area contributed by atoms with Crippen LogP contribution in [0.1, 0.15) is 26.2 Å². The van der Waals surface area contributed by atoms with E-state index >= 15 is 0 Å². The minimum atomic E-state index is 0.586. The highest BCUT2D eigenvalue weighted by Crippen LogP contribution is 2.19. The average Bonchev–Trinajstić information content (AvgIpc) is 2.42. The summed E-state index contributed by atoms with van der Waals surface area (Å²) >= 11 is 0. The van der Waals surface area contributed by atoms with Crippen molar-refractivity contribution >= 4 is 6.41 Å². The molecule has 1 aliphatic rings. The van der Waals surface area contributed by atoms with Crippen molar-refractivity contribution in [3.63, 3.8) is 0 Å². The molecule has 0 aromatic rings. The van der Waals surface area contributed by atoms with Crippen LogP contribution in [-0.4, -0.2) is 24.5 Å². The standard InChI is InChI=1S/C11H17NO2/c1-3-14-10(2)11-7-5-4-6-8-12(11)9-13/h7,9H,2-6,8H2,1H3. The summed E-state index contributed by atoms with van der Waals surface area (Å²) in [6.07, 6.45) is 6.03. The summed E-state index contributed by atoms with van der Waals surface area (Å²) in [6, 6.07) is 0. The molecule has 1 heterocycles. The summed E-state index contributed by atoms with van der Waals surface area (Å²) in [5.41, 5.74) is 0.833. The van der Waals surface area contributed by atoms with E-state index in [2.05, 4.69) is 6.58 Å². The Balaban J connectivity index is 2.73. The van der Waals surface area contributed by atoms with Crippen LogP contribution in [0.15, 0.2) is 24.1 Å². The quantitative estimate of drug-likeness (QED) is 0.507. The van der Waals surface area contributed by atoms with Crippen molar-refractivity contribution in [1.29, 1.82) is 0 Å². The summed E-state index contributed by atoms with van der Waals surface area (Å²) in [5, 5.41) is 0. The number of hydrogen-bond acceptors (Lipinski definition) is 2. The highest BCUT2D eigenvalue weighted by Gasteiger charge is 2.14. The Bertz CT molecular complexity index is 246. The molecule has 0 spiro atoms. The van der Waals surface area contributed by atoms with Crippen LogP contribution in [0.2, 0.25) is 0 Å². The van der Waals surface area contributed by atoms with Gasteiger partial charge in [0.15, 0.2) is 0 Å². The SMILES string of the molecule is C=C(OCC)C1=CCCCCN1C=O. The zero-order valence-corrected chi connectivity index (χ0v) is 8.66. The van der Waals surface area contributed by atoms with Gasteiger partial charge in [-0.25, -0.2) is 0 Å². The molecular weight excluding hydrogens is 178 g/mol. The summed E-state index contributed by atoms with van der Waals surface area (Å²) < 4.78 is 5.31.